The Balaban J connectivity index is 1.36. The fourth-order valence-corrected chi connectivity index (χ4v) is 5.37. The van der Waals surface area contributed by atoms with E-state index in [1.165, 1.54) is 25.7 Å². The first-order valence-corrected chi connectivity index (χ1v) is 12.6. The fraction of sp³-hybridized carbons (Fsp3) is 0.462. The van der Waals surface area contributed by atoms with Gasteiger partial charge in [-0.2, -0.15) is 10.2 Å². The molecule has 0 unspecified atom stereocenters. The number of pyridine rings is 1. The van der Waals surface area contributed by atoms with Crippen LogP contribution in [0, 0.1) is 6.92 Å². The topological polar surface area (TPSA) is 85.4 Å². The minimum atomic E-state index is 0.465. The van der Waals surface area contributed by atoms with Gasteiger partial charge in [-0.05, 0) is 64.3 Å². The Morgan fingerprint density at radius 2 is 1.94 bits per heavy atom. The first-order valence-electron chi connectivity index (χ1n) is 12.6. The van der Waals surface area contributed by atoms with Crippen LogP contribution >= 0.6 is 0 Å². The predicted octanol–water partition coefficient (Wildman–Crippen LogP) is 4.15. The maximum atomic E-state index is 6.38. The number of nitrogens with one attached hydrogen (secondary N) is 1. The molecule has 2 aliphatic rings. The molecule has 35 heavy (non-hydrogen) atoms. The van der Waals surface area contributed by atoms with Crippen molar-refractivity contribution in [3.05, 3.63) is 48.2 Å². The number of hydrogen-bond acceptors (Lipinski definition) is 7. The van der Waals surface area contributed by atoms with Gasteiger partial charge in [0, 0.05) is 42.7 Å². The van der Waals surface area contributed by atoms with E-state index < -0.39 is 0 Å². The van der Waals surface area contributed by atoms with E-state index in [0.717, 1.165) is 71.6 Å². The molecule has 0 spiro atoms. The van der Waals surface area contributed by atoms with Gasteiger partial charge >= 0.3 is 0 Å². The summed E-state index contributed by atoms with van der Waals surface area (Å²) in [6.07, 6.45) is 10.7. The molecule has 9 heteroatoms. The molecule has 0 amide bonds. The molecule has 182 valence electrons. The molecule has 6 rings (SSSR count). The normalized spacial score (nSPS) is 19.3. The molecule has 2 aliphatic heterocycles. The van der Waals surface area contributed by atoms with Crippen LogP contribution in [0.25, 0.3) is 16.8 Å². The maximum absolute atomic E-state index is 6.38. The largest absolute Gasteiger partial charge is 0.488 e. The first-order chi connectivity index (χ1) is 17.1. The zero-order valence-electron chi connectivity index (χ0n) is 20.4. The van der Waals surface area contributed by atoms with Gasteiger partial charge in [0.15, 0.2) is 11.6 Å². The lowest BCUT2D eigenvalue weighted by Gasteiger charge is -2.24. The van der Waals surface area contributed by atoms with Crippen LogP contribution in [0.1, 0.15) is 43.6 Å². The van der Waals surface area contributed by atoms with Crippen molar-refractivity contribution in [1.82, 2.24) is 34.3 Å². The lowest BCUT2D eigenvalue weighted by Crippen LogP contribution is -2.35. The van der Waals surface area contributed by atoms with Crippen LogP contribution in [0.15, 0.2) is 36.7 Å². The van der Waals surface area contributed by atoms with E-state index in [4.69, 9.17) is 9.84 Å². The Morgan fingerprint density at radius 3 is 2.89 bits per heavy atom. The van der Waals surface area contributed by atoms with E-state index in [0.29, 0.717) is 12.6 Å². The Labute approximate surface area is 205 Å². The summed E-state index contributed by atoms with van der Waals surface area (Å²) in [6.45, 7) is 4.93. The third-order valence-corrected chi connectivity index (χ3v) is 7.10. The van der Waals surface area contributed by atoms with Gasteiger partial charge in [0.25, 0.3) is 0 Å². The number of anilines is 2. The number of ether oxygens (including phenoxy) is 1. The van der Waals surface area contributed by atoms with Crippen molar-refractivity contribution in [1.29, 1.82) is 0 Å². The predicted molar refractivity (Wildman–Crippen MR) is 135 cm³/mol. The molecule has 6 heterocycles. The van der Waals surface area contributed by atoms with Gasteiger partial charge in [-0.3, -0.25) is 9.58 Å². The van der Waals surface area contributed by atoms with Crippen LogP contribution in [-0.2, 0) is 13.5 Å². The summed E-state index contributed by atoms with van der Waals surface area (Å²) in [4.78, 5) is 11.9. The zero-order valence-corrected chi connectivity index (χ0v) is 20.4. The van der Waals surface area contributed by atoms with Crippen LogP contribution in [0.2, 0.25) is 0 Å². The number of aryl methyl sites for hydroxylation is 3. The van der Waals surface area contributed by atoms with Gasteiger partial charge in [-0.25, -0.2) is 14.5 Å². The standard InChI is InChI=1S/C26H32N8O/c1-18-28-20-7-4-3-5-10-33-11-6-8-21(33)17-35-23-16-27-32(2)26(23)19-9-12-34-22(13-19)15-25(31-34)30-24(14-20)29-18/h9,12-16,21H,3-8,10-11,17H2,1-2H3,(H,28,29,30,31)/t21-/m0/s1. The Hall–Kier alpha value is -3.46. The van der Waals surface area contributed by atoms with Crippen LogP contribution in [0.3, 0.4) is 0 Å². The molecule has 5 bridgehead atoms. The highest BCUT2D eigenvalue weighted by molar-refractivity contribution is 5.72. The van der Waals surface area contributed by atoms with Crippen molar-refractivity contribution in [2.75, 3.05) is 25.0 Å². The molecule has 1 N–H and O–H groups in total. The Kier molecular flexibility index (Phi) is 5.85. The summed E-state index contributed by atoms with van der Waals surface area (Å²) in [7, 11) is 1.96. The van der Waals surface area contributed by atoms with E-state index in [1.807, 2.05) is 41.6 Å². The molecule has 0 aliphatic carbocycles. The van der Waals surface area contributed by atoms with Crippen molar-refractivity contribution in [2.45, 2.75) is 51.5 Å². The van der Waals surface area contributed by atoms with Crippen molar-refractivity contribution < 1.29 is 4.74 Å². The number of hydrogen-bond donors (Lipinski definition) is 1. The van der Waals surface area contributed by atoms with E-state index in [9.17, 15) is 0 Å². The van der Waals surface area contributed by atoms with Gasteiger partial charge in [-0.1, -0.05) is 6.42 Å². The van der Waals surface area contributed by atoms with E-state index >= 15 is 0 Å². The lowest BCUT2D eigenvalue weighted by atomic mass is 10.1. The van der Waals surface area contributed by atoms with E-state index in [-0.39, 0.29) is 0 Å². The summed E-state index contributed by atoms with van der Waals surface area (Å²) in [5, 5.41) is 12.6. The monoisotopic (exact) mass is 472 g/mol. The van der Waals surface area contributed by atoms with Crippen molar-refractivity contribution >= 4 is 17.2 Å². The molecule has 4 aromatic heterocycles. The second-order valence-electron chi connectivity index (χ2n) is 9.67. The molecular formula is C26H32N8O. The quantitative estimate of drug-likeness (QED) is 0.412. The van der Waals surface area contributed by atoms with Crippen LogP contribution in [-0.4, -0.2) is 60.0 Å². The molecule has 1 fully saturated rings. The molecular weight excluding hydrogens is 440 g/mol. The fourth-order valence-electron chi connectivity index (χ4n) is 5.37. The minimum Gasteiger partial charge on any atom is -0.488 e. The van der Waals surface area contributed by atoms with Crippen LogP contribution in [0.5, 0.6) is 5.75 Å². The minimum absolute atomic E-state index is 0.465. The van der Waals surface area contributed by atoms with Gasteiger partial charge in [0.05, 0.1) is 11.7 Å². The van der Waals surface area contributed by atoms with Gasteiger partial charge < -0.3 is 10.1 Å². The maximum Gasteiger partial charge on any atom is 0.165 e. The SMILES string of the molecule is Cc1nc2cc(n1)Nc1cc3cc(ccn3n1)-c1c(cnn1C)OC[C@@H]1CCCN1CCCCC2. The molecule has 0 saturated carbocycles. The van der Waals surface area contributed by atoms with Crippen LogP contribution in [0.4, 0.5) is 11.6 Å². The third-order valence-electron chi connectivity index (χ3n) is 7.10. The molecule has 9 nitrogen and oxygen atoms in total. The highest BCUT2D eigenvalue weighted by Crippen LogP contribution is 2.32. The summed E-state index contributed by atoms with van der Waals surface area (Å²) in [6, 6.07) is 8.73. The van der Waals surface area contributed by atoms with Crippen molar-refractivity contribution in [3.8, 4) is 17.0 Å². The Bertz CT molecular complexity index is 1340. The van der Waals surface area contributed by atoms with Crippen molar-refractivity contribution in [2.24, 2.45) is 7.05 Å². The van der Waals surface area contributed by atoms with Gasteiger partial charge in [0.2, 0.25) is 0 Å². The third kappa shape index (κ3) is 4.60. The van der Waals surface area contributed by atoms with Crippen molar-refractivity contribution in [3.63, 3.8) is 0 Å². The second kappa shape index (κ2) is 9.30. The lowest BCUT2D eigenvalue weighted by molar-refractivity contribution is 0.171. The molecule has 4 aromatic rings. The average Bonchev–Trinajstić information content (AvgIpc) is 3.54. The summed E-state index contributed by atoms with van der Waals surface area (Å²) < 4.78 is 10.1. The van der Waals surface area contributed by atoms with Crippen LogP contribution < -0.4 is 10.1 Å². The molecule has 1 saturated heterocycles. The molecule has 0 radical (unpaired) electrons. The van der Waals surface area contributed by atoms with Gasteiger partial charge in [0.1, 0.15) is 23.9 Å². The van der Waals surface area contributed by atoms with Gasteiger partial charge in [-0.15, -0.1) is 0 Å². The van der Waals surface area contributed by atoms with E-state index in [1.54, 1.807) is 0 Å². The zero-order chi connectivity index (χ0) is 23.8. The summed E-state index contributed by atoms with van der Waals surface area (Å²) in [5.74, 6) is 3.15. The Morgan fingerprint density at radius 1 is 1.03 bits per heavy atom. The highest BCUT2D eigenvalue weighted by atomic mass is 16.5. The molecule has 1 atom stereocenters. The number of fused-ring (bicyclic) bond motifs is 7. The highest BCUT2D eigenvalue weighted by Gasteiger charge is 2.25. The number of rotatable bonds is 0. The van der Waals surface area contributed by atoms with E-state index in [2.05, 4.69) is 43.5 Å². The number of aromatic nitrogens is 6. The first kappa shape index (κ1) is 22.0. The smallest absolute Gasteiger partial charge is 0.165 e. The second-order valence-corrected chi connectivity index (χ2v) is 9.67. The molecule has 0 aromatic carbocycles. The summed E-state index contributed by atoms with van der Waals surface area (Å²) in [5.41, 5.74) is 4.10. The average molecular weight is 473 g/mol. The summed E-state index contributed by atoms with van der Waals surface area (Å²) >= 11 is 0. The number of nitrogens with zero attached hydrogens (tertiary/aromatic N) is 7.